The highest BCUT2D eigenvalue weighted by Crippen LogP contribution is 2.43. The molecule has 1 aliphatic carbocycles. The zero-order valence-electron chi connectivity index (χ0n) is 8.37. The minimum Gasteiger partial charge on any atom is -0.294 e. The molecule has 0 saturated heterocycles. The Morgan fingerprint density at radius 1 is 1.38 bits per heavy atom. The molecule has 0 fully saturated rings. The number of pyridine rings is 1. The second-order valence-electron chi connectivity index (χ2n) is 3.72. The summed E-state index contributed by atoms with van der Waals surface area (Å²) in [5.74, 6) is 0.206. The fraction of sp³-hybridized carbons (Fsp3) is 0.167. The van der Waals surface area contributed by atoms with Crippen molar-refractivity contribution in [1.29, 1.82) is 0 Å². The topological polar surface area (TPSA) is 30.0 Å². The summed E-state index contributed by atoms with van der Waals surface area (Å²) in [7, 11) is 0. The number of hydrogen-bond acceptors (Lipinski definition) is 3. The Bertz CT molecular complexity index is 562. The lowest BCUT2D eigenvalue weighted by Crippen LogP contribution is -1.91. The van der Waals surface area contributed by atoms with Crippen molar-refractivity contribution in [2.24, 2.45) is 0 Å². The summed E-state index contributed by atoms with van der Waals surface area (Å²) in [6.45, 7) is 0. The summed E-state index contributed by atoms with van der Waals surface area (Å²) < 4.78 is 0.750. The molecule has 0 N–H and O–H groups in total. The molecule has 3 rings (SSSR count). The first-order chi connectivity index (χ1) is 7.77. The van der Waals surface area contributed by atoms with Crippen molar-refractivity contribution in [3.05, 3.63) is 40.0 Å². The third kappa shape index (κ3) is 1.39. The summed E-state index contributed by atoms with van der Waals surface area (Å²) in [4.78, 5) is 16.8. The molecule has 2 heterocycles. The molecule has 0 spiro atoms. The molecule has 4 heteroatoms. The van der Waals surface area contributed by atoms with E-state index in [0.717, 1.165) is 32.3 Å². The Morgan fingerprint density at radius 2 is 2.25 bits per heavy atom. The number of ketones is 1. The van der Waals surface area contributed by atoms with Gasteiger partial charge < -0.3 is 0 Å². The predicted octanol–water partition coefficient (Wildman–Crippen LogP) is 3.59. The van der Waals surface area contributed by atoms with Crippen LogP contribution in [0.2, 0.25) is 4.34 Å². The number of aromatic nitrogens is 1. The van der Waals surface area contributed by atoms with Gasteiger partial charge in [-0.05, 0) is 18.1 Å². The van der Waals surface area contributed by atoms with Crippen molar-refractivity contribution in [1.82, 2.24) is 4.98 Å². The molecule has 0 aliphatic heterocycles. The number of thiophene rings is 1. The van der Waals surface area contributed by atoms with Gasteiger partial charge in [0.15, 0.2) is 5.78 Å². The Labute approximate surface area is 102 Å². The van der Waals surface area contributed by atoms with E-state index in [-0.39, 0.29) is 5.78 Å². The van der Waals surface area contributed by atoms with Gasteiger partial charge in [0.2, 0.25) is 0 Å². The Hall–Kier alpha value is -1.19. The van der Waals surface area contributed by atoms with E-state index in [1.165, 1.54) is 11.3 Å². The summed E-state index contributed by atoms with van der Waals surface area (Å²) in [6, 6.07) is 3.83. The fourth-order valence-electron chi connectivity index (χ4n) is 2.02. The van der Waals surface area contributed by atoms with Crippen LogP contribution < -0.4 is 0 Å². The first kappa shape index (κ1) is 10.00. The maximum Gasteiger partial charge on any atom is 0.165 e. The molecule has 2 aromatic rings. The first-order valence-corrected chi connectivity index (χ1v) is 6.21. The molecule has 2 aromatic heterocycles. The number of Topliss-reactive ketones (excluding diaryl/α,β-unsaturated/α-hetero) is 1. The van der Waals surface area contributed by atoms with Gasteiger partial charge in [0.05, 0.1) is 4.34 Å². The standard InChI is InChI=1S/C12H8ClNOS/c13-12-8-3-4-9(15)10(8)11(16-12)7-2-1-5-14-6-7/h1-2,5-6H,3-4H2. The van der Waals surface area contributed by atoms with E-state index in [0.29, 0.717) is 6.42 Å². The molecule has 0 bridgehead atoms. The van der Waals surface area contributed by atoms with E-state index in [4.69, 9.17) is 11.6 Å². The number of nitrogens with zero attached hydrogens (tertiary/aromatic N) is 1. The van der Waals surface area contributed by atoms with Gasteiger partial charge in [-0.3, -0.25) is 9.78 Å². The van der Waals surface area contributed by atoms with Crippen LogP contribution in [0, 0.1) is 0 Å². The van der Waals surface area contributed by atoms with E-state index in [1.807, 2.05) is 12.1 Å². The largest absolute Gasteiger partial charge is 0.294 e. The second kappa shape index (κ2) is 3.68. The second-order valence-corrected chi connectivity index (χ2v) is 5.35. The van der Waals surface area contributed by atoms with Crippen LogP contribution in [0.5, 0.6) is 0 Å². The van der Waals surface area contributed by atoms with Gasteiger partial charge in [-0.15, -0.1) is 11.3 Å². The molecule has 1 aliphatic rings. The number of hydrogen-bond donors (Lipinski definition) is 0. The van der Waals surface area contributed by atoms with Crippen LogP contribution in [0.1, 0.15) is 22.3 Å². The molecule has 0 saturated carbocycles. The van der Waals surface area contributed by atoms with Crippen molar-refractivity contribution >= 4 is 28.7 Å². The van der Waals surface area contributed by atoms with Gasteiger partial charge in [-0.2, -0.15) is 0 Å². The average molecular weight is 250 g/mol. The highest BCUT2D eigenvalue weighted by molar-refractivity contribution is 7.20. The monoisotopic (exact) mass is 249 g/mol. The molecule has 16 heavy (non-hydrogen) atoms. The zero-order valence-corrected chi connectivity index (χ0v) is 9.94. The van der Waals surface area contributed by atoms with Gasteiger partial charge >= 0.3 is 0 Å². The van der Waals surface area contributed by atoms with Crippen LogP contribution >= 0.6 is 22.9 Å². The Kier molecular flexibility index (Phi) is 2.30. The van der Waals surface area contributed by atoms with Crippen molar-refractivity contribution in [3.8, 4) is 10.4 Å². The third-order valence-corrected chi connectivity index (χ3v) is 4.29. The summed E-state index contributed by atoms with van der Waals surface area (Å²) in [5, 5.41) is 0. The summed E-state index contributed by atoms with van der Waals surface area (Å²) >= 11 is 7.63. The van der Waals surface area contributed by atoms with Gasteiger partial charge in [0.25, 0.3) is 0 Å². The SMILES string of the molecule is O=C1CCc2c(Cl)sc(-c3cccnc3)c21. The van der Waals surface area contributed by atoms with Crippen LogP contribution in [-0.4, -0.2) is 10.8 Å². The number of carbonyl (C=O) groups excluding carboxylic acids is 1. The Balaban J connectivity index is 2.24. The maximum atomic E-state index is 11.8. The van der Waals surface area contributed by atoms with E-state index >= 15 is 0 Å². The van der Waals surface area contributed by atoms with Gasteiger partial charge in [-0.1, -0.05) is 17.7 Å². The molecule has 2 nitrogen and oxygen atoms in total. The highest BCUT2D eigenvalue weighted by Gasteiger charge is 2.28. The molecule has 0 aromatic carbocycles. The zero-order chi connectivity index (χ0) is 11.1. The van der Waals surface area contributed by atoms with Crippen molar-refractivity contribution in [2.45, 2.75) is 12.8 Å². The predicted molar refractivity (Wildman–Crippen MR) is 65.2 cm³/mol. The van der Waals surface area contributed by atoms with Crippen LogP contribution in [0.25, 0.3) is 10.4 Å². The van der Waals surface area contributed by atoms with Crippen molar-refractivity contribution in [2.75, 3.05) is 0 Å². The summed E-state index contributed by atoms with van der Waals surface area (Å²) in [5.41, 5.74) is 2.82. The van der Waals surface area contributed by atoms with Crippen molar-refractivity contribution in [3.63, 3.8) is 0 Å². The number of fused-ring (bicyclic) bond motifs is 1. The molecule has 0 atom stereocenters. The molecule has 80 valence electrons. The maximum absolute atomic E-state index is 11.8. The number of halogens is 1. The molecule has 0 amide bonds. The van der Waals surface area contributed by atoms with E-state index in [1.54, 1.807) is 12.4 Å². The van der Waals surface area contributed by atoms with Crippen LogP contribution in [0.3, 0.4) is 0 Å². The minimum atomic E-state index is 0.206. The quantitative estimate of drug-likeness (QED) is 0.773. The van der Waals surface area contributed by atoms with E-state index in [2.05, 4.69) is 4.98 Å². The molecule has 0 unspecified atom stereocenters. The van der Waals surface area contributed by atoms with Crippen LogP contribution in [-0.2, 0) is 6.42 Å². The first-order valence-electron chi connectivity index (χ1n) is 5.02. The highest BCUT2D eigenvalue weighted by atomic mass is 35.5. The lowest BCUT2D eigenvalue weighted by atomic mass is 10.1. The third-order valence-electron chi connectivity index (χ3n) is 2.76. The molecular formula is C12H8ClNOS. The van der Waals surface area contributed by atoms with Gasteiger partial charge in [0, 0.05) is 34.8 Å². The molecular weight excluding hydrogens is 242 g/mol. The average Bonchev–Trinajstić information content (AvgIpc) is 2.83. The lowest BCUT2D eigenvalue weighted by molar-refractivity contribution is 0.0995. The number of carbonyl (C=O) groups is 1. The van der Waals surface area contributed by atoms with Gasteiger partial charge in [-0.25, -0.2) is 0 Å². The lowest BCUT2D eigenvalue weighted by Gasteiger charge is -1.98. The summed E-state index contributed by atoms with van der Waals surface area (Å²) in [6.07, 6.45) is 4.86. The number of rotatable bonds is 1. The van der Waals surface area contributed by atoms with Crippen LogP contribution in [0.15, 0.2) is 24.5 Å². The van der Waals surface area contributed by atoms with Gasteiger partial charge in [0.1, 0.15) is 0 Å². The smallest absolute Gasteiger partial charge is 0.165 e. The fourth-order valence-corrected chi connectivity index (χ4v) is 3.52. The minimum absolute atomic E-state index is 0.206. The van der Waals surface area contributed by atoms with E-state index in [9.17, 15) is 4.79 Å². The van der Waals surface area contributed by atoms with Crippen molar-refractivity contribution < 1.29 is 4.79 Å². The Morgan fingerprint density at radius 3 is 3.00 bits per heavy atom. The van der Waals surface area contributed by atoms with Crippen LogP contribution in [0.4, 0.5) is 0 Å². The normalized spacial score (nSPS) is 14.2. The van der Waals surface area contributed by atoms with E-state index < -0.39 is 0 Å². The molecule has 0 radical (unpaired) electrons.